The van der Waals surface area contributed by atoms with Crippen LogP contribution in [0.25, 0.3) is 0 Å². The van der Waals surface area contributed by atoms with Gasteiger partial charge in [-0.2, -0.15) is 5.06 Å². The molecule has 2 nitrogen and oxygen atoms in total. The van der Waals surface area contributed by atoms with Gasteiger partial charge in [0.15, 0.2) is 0 Å². The van der Waals surface area contributed by atoms with Crippen LogP contribution in [0.5, 0.6) is 0 Å². The molecule has 3 rings (SSSR count). The number of hydroxylamine groups is 2. The third-order valence-corrected chi connectivity index (χ3v) is 3.72. The van der Waals surface area contributed by atoms with E-state index >= 15 is 0 Å². The van der Waals surface area contributed by atoms with Gasteiger partial charge in [-0.3, -0.25) is 0 Å². The third kappa shape index (κ3) is 2.05. The van der Waals surface area contributed by atoms with Gasteiger partial charge in [0, 0.05) is 0 Å². The van der Waals surface area contributed by atoms with Crippen molar-refractivity contribution >= 4 is 0 Å². The molecule has 1 N–H and O–H groups in total. The number of hydrogen-bond acceptors (Lipinski definition) is 2. The second-order valence-corrected chi connectivity index (χ2v) is 4.81. The molecule has 2 aromatic carbocycles. The molecule has 1 aliphatic heterocycles. The summed E-state index contributed by atoms with van der Waals surface area (Å²) in [6, 6.07) is 20.7. The molecule has 0 aromatic heterocycles. The predicted octanol–water partition coefficient (Wildman–Crippen LogP) is 3.95. The minimum atomic E-state index is 0.122. The van der Waals surface area contributed by atoms with Crippen LogP contribution < -0.4 is 0 Å². The average Bonchev–Trinajstić information content (AvgIpc) is 2.83. The maximum Gasteiger partial charge on any atom is 0.0607 e. The van der Waals surface area contributed by atoms with Crippen LogP contribution in [0.1, 0.15) is 36.1 Å². The smallest absolute Gasteiger partial charge is 0.0607 e. The van der Waals surface area contributed by atoms with Gasteiger partial charge < -0.3 is 5.21 Å². The molecule has 0 aliphatic carbocycles. The van der Waals surface area contributed by atoms with Gasteiger partial charge in [0.05, 0.1) is 12.1 Å². The van der Waals surface area contributed by atoms with Crippen molar-refractivity contribution in [3.8, 4) is 0 Å². The molecular weight excluding hydrogens is 222 g/mol. The largest absolute Gasteiger partial charge is 0.313 e. The molecule has 2 aromatic rings. The van der Waals surface area contributed by atoms with Gasteiger partial charge in [0.25, 0.3) is 0 Å². The zero-order valence-electron chi connectivity index (χ0n) is 10.2. The van der Waals surface area contributed by atoms with Crippen molar-refractivity contribution in [1.82, 2.24) is 5.06 Å². The molecule has 2 heteroatoms. The van der Waals surface area contributed by atoms with Crippen LogP contribution in [-0.2, 0) is 0 Å². The van der Waals surface area contributed by atoms with E-state index in [0.717, 1.165) is 12.8 Å². The lowest BCUT2D eigenvalue weighted by Gasteiger charge is -2.24. The van der Waals surface area contributed by atoms with Crippen molar-refractivity contribution in [2.75, 3.05) is 0 Å². The van der Waals surface area contributed by atoms with Crippen molar-refractivity contribution in [1.29, 1.82) is 0 Å². The van der Waals surface area contributed by atoms with Crippen LogP contribution >= 0.6 is 0 Å². The molecule has 1 heterocycles. The quantitative estimate of drug-likeness (QED) is 0.857. The Morgan fingerprint density at radius 1 is 0.722 bits per heavy atom. The molecular formula is C16H17NO. The first-order chi connectivity index (χ1) is 8.86. The van der Waals surface area contributed by atoms with E-state index in [-0.39, 0.29) is 12.1 Å². The van der Waals surface area contributed by atoms with E-state index in [4.69, 9.17) is 0 Å². The van der Waals surface area contributed by atoms with Crippen molar-refractivity contribution in [3.63, 3.8) is 0 Å². The van der Waals surface area contributed by atoms with Crippen molar-refractivity contribution in [2.24, 2.45) is 0 Å². The van der Waals surface area contributed by atoms with Gasteiger partial charge in [-0.15, -0.1) is 0 Å². The molecule has 18 heavy (non-hydrogen) atoms. The Kier molecular flexibility index (Phi) is 3.13. The van der Waals surface area contributed by atoms with Crippen LogP contribution in [0.3, 0.4) is 0 Å². The first-order valence-corrected chi connectivity index (χ1v) is 6.43. The second-order valence-electron chi connectivity index (χ2n) is 4.81. The lowest BCUT2D eigenvalue weighted by atomic mass is 10.0. The lowest BCUT2D eigenvalue weighted by Crippen LogP contribution is -2.22. The summed E-state index contributed by atoms with van der Waals surface area (Å²) in [6.45, 7) is 0. The Bertz CT molecular complexity index is 450. The Balaban J connectivity index is 1.83. The minimum absolute atomic E-state index is 0.122. The van der Waals surface area contributed by atoms with Crippen molar-refractivity contribution < 1.29 is 5.21 Å². The first-order valence-electron chi connectivity index (χ1n) is 6.43. The minimum Gasteiger partial charge on any atom is -0.313 e. The van der Waals surface area contributed by atoms with Gasteiger partial charge in [-0.25, -0.2) is 0 Å². The van der Waals surface area contributed by atoms with Crippen molar-refractivity contribution in [2.45, 2.75) is 24.9 Å². The summed E-state index contributed by atoms with van der Waals surface area (Å²) in [5.41, 5.74) is 2.39. The zero-order valence-corrected chi connectivity index (χ0v) is 10.2. The number of nitrogens with zero attached hydrogens (tertiary/aromatic N) is 1. The summed E-state index contributed by atoms with van der Waals surface area (Å²) in [5.74, 6) is 0. The SMILES string of the molecule is ON1[C@@H](c2ccccc2)CC[C@H]1c1ccccc1. The van der Waals surface area contributed by atoms with Gasteiger partial charge in [0.2, 0.25) is 0 Å². The lowest BCUT2D eigenvalue weighted by molar-refractivity contribution is -0.137. The number of rotatable bonds is 2. The molecule has 0 saturated carbocycles. The summed E-state index contributed by atoms with van der Waals surface area (Å²) in [6.07, 6.45) is 2.00. The highest BCUT2D eigenvalue weighted by Gasteiger charge is 2.34. The van der Waals surface area contributed by atoms with E-state index in [1.54, 1.807) is 0 Å². The van der Waals surface area contributed by atoms with Crippen LogP contribution in [0.4, 0.5) is 0 Å². The van der Waals surface area contributed by atoms with Crippen LogP contribution in [0, 0.1) is 0 Å². The predicted molar refractivity (Wildman–Crippen MR) is 71.2 cm³/mol. The van der Waals surface area contributed by atoms with E-state index in [9.17, 15) is 5.21 Å². The monoisotopic (exact) mass is 239 g/mol. The molecule has 0 bridgehead atoms. The summed E-state index contributed by atoms with van der Waals surface area (Å²) < 4.78 is 0. The van der Waals surface area contributed by atoms with Crippen LogP contribution in [-0.4, -0.2) is 10.3 Å². The number of benzene rings is 2. The summed E-state index contributed by atoms with van der Waals surface area (Å²) >= 11 is 0. The normalized spacial score (nSPS) is 24.3. The molecule has 1 aliphatic rings. The zero-order chi connectivity index (χ0) is 12.4. The maximum absolute atomic E-state index is 10.4. The summed E-state index contributed by atoms with van der Waals surface area (Å²) in [5, 5.41) is 11.9. The second kappa shape index (κ2) is 4.92. The highest BCUT2D eigenvalue weighted by Crippen LogP contribution is 2.42. The summed E-state index contributed by atoms with van der Waals surface area (Å²) in [7, 11) is 0. The third-order valence-electron chi connectivity index (χ3n) is 3.72. The Morgan fingerprint density at radius 3 is 1.50 bits per heavy atom. The standard InChI is InChI=1S/C16H17NO/c18-17-15(13-7-3-1-4-8-13)11-12-16(17)14-9-5-2-6-10-14/h1-10,15-16,18H,11-12H2/t15-,16+. The Morgan fingerprint density at radius 2 is 1.11 bits per heavy atom. The molecule has 0 unspecified atom stereocenters. The van der Waals surface area contributed by atoms with Gasteiger partial charge >= 0.3 is 0 Å². The van der Waals surface area contributed by atoms with Gasteiger partial charge in [-0.05, 0) is 24.0 Å². The molecule has 1 fully saturated rings. The van der Waals surface area contributed by atoms with Crippen molar-refractivity contribution in [3.05, 3.63) is 71.8 Å². The molecule has 0 radical (unpaired) electrons. The number of hydrogen-bond donors (Lipinski definition) is 1. The summed E-state index contributed by atoms with van der Waals surface area (Å²) in [4.78, 5) is 0. The van der Waals surface area contributed by atoms with E-state index in [0.29, 0.717) is 0 Å². The van der Waals surface area contributed by atoms with Gasteiger partial charge in [-0.1, -0.05) is 60.7 Å². The fourth-order valence-corrected chi connectivity index (χ4v) is 2.79. The van der Waals surface area contributed by atoms with E-state index in [1.807, 2.05) is 36.4 Å². The van der Waals surface area contributed by atoms with E-state index in [2.05, 4.69) is 24.3 Å². The first kappa shape index (κ1) is 11.5. The molecule has 0 spiro atoms. The Labute approximate surface area is 107 Å². The molecule has 92 valence electrons. The fourth-order valence-electron chi connectivity index (χ4n) is 2.79. The van der Waals surface area contributed by atoms with Crippen LogP contribution in [0.15, 0.2) is 60.7 Å². The van der Waals surface area contributed by atoms with E-state index in [1.165, 1.54) is 16.2 Å². The van der Waals surface area contributed by atoms with Crippen LogP contribution in [0.2, 0.25) is 0 Å². The van der Waals surface area contributed by atoms with E-state index < -0.39 is 0 Å². The van der Waals surface area contributed by atoms with Gasteiger partial charge in [0.1, 0.15) is 0 Å². The Hall–Kier alpha value is -1.64. The highest BCUT2D eigenvalue weighted by molar-refractivity contribution is 5.24. The highest BCUT2D eigenvalue weighted by atomic mass is 16.5. The fraction of sp³-hybridized carbons (Fsp3) is 0.250. The average molecular weight is 239 g/mol. The topological polar surface area (TPSA) is 23.5 Å². The molecule has 2 atom stereocenters. The molecule has 1 saturated heterocycles. The maximum atomic E-state index is 10.4. The molecule has 0 amide bonds.